The maximum Gasteiger partial charge on any atom is 0.142 e. The van der Waals surface area contributed by atoms with Gasteiger partial charge >= 0.3 is 0 Å². The van der Waals surface area contributed by atoms with E-state index in [2.05, 4.69) is 28.3 Å². The second kappa shape index (κ2) is 5.18. The Labute approximate surface area is 114 Å². The van der Waals surface area contributed by atoms with Crippen LogP contribution < -0.4 is 5.32 Å². The Bertz CT molecular complexity index is 479. The highest BCUT2D eigenvalue weighted by Gasteiger charge is 2.38. The lowest BCUT2D eigenvalue weighted by molar-refractivity contribution is 0.139. The zero-order valence-electron chi connectivity index (χ0n) is 11.3. The van der Waals surface area contributed by atoms with E-state index in [1.165, 1.54) is 25.7 Å². The topological polar surface area (TPSA) is 52.0 Å². The normalized spacial score (nSPS) is 30.0. The molecule has 2 aliphatic heterocycles. The molecule has 1 aromatic rings. The number of nitrogens with zero attached hydrogens (tertiary/aromatic N) is 3. The van der Waals surface area contributed by atoms with Crippen LogP contribution in [-0.2, 0) is 0 Å². The first-order chi connectivity index (χ1) is 9.26. The van der Waals surface area contributed by atoms with Crippen molar-refractivity contribution in [1.82, 2.24) is 9.88 Å². The van der Waals surface area contributed by atoms with Gasteiger partial charge in [0.15, 0.2) is 0 Å². The minimum atomic E-state index is 0.480. The van der Waals surface area contributed by atoms with E-state index in [1.54, 1.807) is 6.07 Å². The fraction of sp³-hybridized carbons (Fsp3) is 0.600. The molecule has 4 nitrogen and oxygen atoms in total. The van der Waals surface area contributed by atoms with Gasteiger partial charge in [-0.25, -0.2) is 4.98 Å². The molecule has 3 rings (SSSR count). The molecule has 2 atom stereocenters. The molecule has 19 heavy (non-hydrogen) atoms. The summed E-state index contributed by atoms with van der Waals surface area (Å²) in [6.07, 6.45) is 5.30. The third-order valence-corrected chi connectivity index (χ3v) is 4.63. The van der Waals surface area contributed by atoms with Crippen molar-refractivity contribution in [3.05, 3.63) is 23.9 Å². The van der Waals surface area contributed by atoms with Crippen molar-refractivity contribution in [2.45, 2.75) is 37.8 Å². The van der Waals surface area contributed by atoms with Crippen molar-refractivity contribution < 1.29 is 0 Å². The van der Waals surface area contributed by atoms with Gasteiger partial charge in [0.1, 0.15) is 17.6 Å². The number of nitrogens with one attached hydrogen (secondary N) is 1. The summed E-state index contributed by atoms with van der Waals surface area (Å²) >= 11 is 0. The molecule has 0 saturated carbocycles. The number of fused-ring (bicyclic) bond motifs is 2. The van der Waals surface area contributed by atoms with Gasteiger partial charge in [-0.15, -0.1) is 0 Å². The van der Waals surface area contributed by atoms with Crippen LogP contribution in [0.2, 0.25) is 0 Å². The van der Waals surface area contributed by atoms with E-state index in [1.807, 2.05) is 12.1 Å². The molecule has 2 fully saturated rings. The van der Waals surface area contributed by atoms with E-state index >= 15 is 0 Å². The third kappa shape index (κ3) is 2.57. The predicted molar refractivity (Wildman–Crippen MR) is 74.7 cm³/mol. The molecule has 2 aliphatic rings. The molecule has 2 unspecified atom stereocenters. The van der Waals surface area contributed by atoms with Crippen molar-refractivity contribution in [3.8, 4) is 6.07 Å². The highest BCUT2D eigenvalue weighted by Crippen LogP contribution is 2.37. The molecule has 4 heteroatoms. The largest absolute Gasteiger partial charge is 0.370 e. The molecule has 0 aromatic carbocycles. The lowest BCUT2D eigenvalue weighted by Crippen LogP contribution is -2.41. The average Bonchev–Trinajstić information content (AvgIpc) is 2.68. The van der Waals surface area contributed by atoms with Crippen LogP contribution in [0.5, 0.6) is 0 Å². The van der Waals surface area contributed by atoms with Crippen LogP contribution >= 0.6 is 0 Å². The minimum Gasteiger partial charge on any atom is -0.370 e. The summed E-state index contributed by atoms with van der Waals surface area (Å²) in [5.41, 5.74) is 0.480. The number of rotatable bonds is 3. The molecule has 0 spiro atoms. The van der Waals surface area contributed by atoms with Crippen molar-refractivity contribution in [1.29, 1.82) is 5.26 Å². The number of anilines is 1. The van der Waals surface area contributed by atoms with Crippen molar-refractivity contribution in [2.24, 2.45) is 5.92 Å². The van der Waals surface area contributed by atoms with Crippen LogP contribution in [-0.4, -0.2) is 35.6 Å². The number of nitriles is 1. The van der Waals surface area contributed by atoms with Gasteiger partial charge in [0.05, 0.1) is 0 Å². The van der Waals surface area contributed by atoms with Crippen LogP contribution in [0.15, 0.2) is 18.2 Å². The SMILES string of the molecule is CN1C2CCC1CC(CNc1cccc(C#N)n1)C2. The highest BCUT2D eigenvalue weighted by molar-refractivity contribution is 5.38. The number of hydrogen-bond acceptors (Lipinski definition) is 4. The number of pyridine rings is 1. The van der Waals surface area contributed by atoms with E-state index < -0.39 is 0 Å². The molecular weight excluding hydrogens is 236 g/mol. The van der Waals surface area contributed by atoms with E-state index in [9.17, 15) is 0 Å². The molecule has 100 valence electrons. The highest BCUT2D eigenvalue weighted by atomic mass is 15.2. The lowest BCUT2D eigenvalue weighted by atomic mass is 9.91. The fourth-order valence-corrected chi connectivity index (χ4v) is 3.54. The Morgan fingerprint density at radius 3 is 2.79 bits per heavy atom. The van der Waals surface area contributed by atoms with E-state index in [4.69, 9.17) is 5.26 Å². The molecule has 0 amide bonds. The van der Waals surface area contributed by atoms with E-state index in [0.29, 0.717) is 5.69 Å². The lowest BCUT2D eigenvalue weighted by Gasteiger charge is -2.36. The van der Waals surface area contributed by atoms with Crippen LogP contribution in [0.25, 0.3) is 0 Å². The first-order valence-electron chi connectivity index (χ1n) is 7.09. The summed E-state index contributed by atoms with van der Waals surface area (Å²) in [5.74, 6) is 1.56. The van der Waals surface area contributed by atoms with Gasteiger partial charge in [0.25, 0.3) is 0 Å². The second-order valence-electron chi connectivity index (χ2n) is 5.79. The molecule has 1 N–H and O–H groups in total. The smallest absolute Gasteiger partial charge is 0.142 e. The van der Waals surface area contributed by atoms with Gasteiger partial charge < -0.3 is 10.2 Å². The predicted octanol–water partition coefficient (Wildman–Crippen LogP) is 2.24. The third-order valence-electron chi connectivity index (χ3n) is 4.63. The Morgan fingerprint density at radius 2 is 2.11 bits per heavy atom. The zero-order chi connectivity index (χ0) is 13.2. The second-order valence-corrected chi connectivity index (χ2v) is 5.79. The Morgan fingerprint density at radius 1 is 1.37 bits per heavy atom. The van der Waals surface area contributed by atoms with E-state index in [-0.39, 0.29) is 0 Å². The molecular formula is C15H20N4. The van der Waals surface area contributed by atoms with Crippen LogP contribution in [0.4, 0.5) is 5.82 Å². The van der Waals surface area contributed by atoms with Gasteiger partial charge in [-0.3, -0.25) is 0 Å². The Hall–Kier alpha value is -1.60. The summed E-state index contributed by atoms with van der Waals surface area (Å²) in [6, 6.07) is 9.19. The molecule has 0 radical (unpaired) electrons. The van der Waals surface area contributed by atoms with Gasteiger partial charge in [-0.1, -0.05) is 6.07 Å². The van der Waals surface area contributed by atoms with Crippen molar-refractivity contribution >= 4 is 5.82 Å². The number of aromatic nitrogens is 1. The standard InChI is InChI=1S/C15H20N4/c1-19-13-5-6-14(19)8-11(7-13)10-17-15-4-2-3-12(9-16)18-15/h2-4,11,13-14H,5-8,10H2,1H3,(H,17,18). The molecule has 2 bridgehead atoms. The van der Waals surface area contributed by atoms with Crippen LogP contribution in [0.3, 0.4) is 0 Å². The summed E-state index contributed by atoms with van der Waals surface area (Å²) in [7, 11) is 2.27. The maximum absolute atomic E-state index is 8.84. The first kappa shape index (κ1) is 12.4. The monoisotopic (exact) mass is 256 g/mol. The van der Waals surface area contributed by atoms with Crippen molar-refractivity contribution in [2.75, 3.05) is 18.9 Å². The fourth-order valence-electron chi connectivity index (χ4n) is 3.54. The number of piperidine rings is 1. The Kier molecular flexibility index (Phi) is 3.39. The summed E-state index contributed by atoms with van der Waals surface area (Å²) in [4.78, 5) is 6.82. The summed E-state index contributed by atoms with van der Waals surface area (Å²) in [5, 5.41) is 12.2. The van der Waals surface area contributed by atoms with Crippen LogP contribution in [0.1, 0.15) is 31.4 Å². The Balaban J connectivity index is 1.57. The number of hydrogen-bond donors (Lipinski definition) is 1. The average molecular weight is 256 g/mol. The molecule has 2 saturated heterocycles. The van der Waals surface area contributed by atoms with Crippen LogP contribution in [0, 0.1) is 17.2 Å². The molecule has 1 aromatic heterocycles. The van der Waals surface area contributed by atoms with Gasteiger partial charge in [0.2, 0.25) is 0 Å². The summed E-state index contributed by atoms with van der Waals surface area (Å²) in [6.45, 7) is 0.975. The van der Waals surface area contributed by atoms with E-state index in [0.717, 1.165) is 30.4 Å². The molecule has 3 heterocycles. The van der Waals surface area contributed by atoms with Gasteiger partial charge in [0, 0.05) is 18.6 Å². The first-order valence-corrected chi connectivity index (χ1v) is 7.09. The van der Waals surface area contributed by atoms with Gasteiger partial charge in [-0.05, 0) is 50.8 Å². The summed E-state index contributed by atoms with van der Waals surface area (Å²) < 4.78 is 0. The quantitative estimate of drug-likeness (QED) is 0.901. The molecule has 0 aliphatic carbocycles. The minimum absolute atomic E-state index is 0.480. The van der Waals surface area contributed by atoms with Crippen molar-refractivity contribution in [3.63, 3.8) is 0 Å². The zero-order valence-corrected chi connectivity index (χ0v) is 11.3. The van der Waals surface area contributed by atoms with Gasteiger partial charge in [-0.2, -0.15) is 5.26 Å². The maximum atomic E-state index is 8.84.